The van der Waals surface area contributed by atoms with E-state index in [1.165, 1.54) is 24.8 Å². The summed E-state index contributed by atoms with van der Waals surface area (Å²) in [6.45, 7) is 13.8. The maximum Gasteiger partial charge on any atom is -0.0134 e. The molecule has 0 aromatic rings. The molecule has 0 heteroatoms. The van der Waals surface area contributed by atoms with E-state index >= 15 is 0 Å². The van der Waals surface area contributed by atoms with Crippen LogP contribution in [0.15, 0.2) is 24.3 Å². The number of rotatable bonds is 1. The van der Waals surface area contributed by atoms with Gasteiger partial charge in [-0.25, -0.2) is 0 Å². The predicted molar refractivity (Wildman–Crippen MR) is 66.7 cm³/mol. The summed E-state index contributed by atoms with van der Waals surface area (Å²) in [5.74, 6) is 1.55. The summed E-state index contributed by atoms with van der Waals surface area (Å²) in [6, 6.07) is 0. The summed E-state index contributed by atoms with van der Waals surface area (Å²) in [6.07, 6.45) is 8.53. The second-order valence-electron chi connectivity index (χ2n) is 6.11. The fourth-order valence-electron chi connectivity index (χ4n) is 3.96. The van der Waals surface area contributed by atoms with Gasteiger partial charge in [0.1, 0.15) is 0 Å². The van der Waals surface area contributed by atoms with Crippen LogP contribution in [0.2, 0.25) is 0 Å². The van der Waals surface area contributed by atoms with Gasteiger partial charge < -0.3 is 0 Å². The standard InChI is InChI=1S/C15H24/c1-6-13-8-10-14(4)11(2)7-9-15(14,5)12(13)3/h6,8,11-12H,1,7,9-10H2,2-5H3. The van der Waals surface area contributed by atoms with Crippen LogP contribution in [0, 0.1) is 22.7 Å². The third-order valence-electron chi connectivity index (χ3n) is 5.94. The summed E-state index contributed by atoms with van der Waals surface area (Å²) in [4.78, 5) is 0. The molecule has 0 aromatic heterocycles. The summed E-state index contributed by atoms with van der Waals surface area (Å²) in [5, 5.41) is 0. The molecule has 0 radical (unpaired) electrons. The fourth-order valence-corrected chi connectivity index (χ4v) is 3.96. The van der Waals surface area contributed by atoms with Crippen molar-refractivity contribution in [3.05, 3.63) is 24.3 Å². The van der Waals surface area contributed by atoms with Gasteiger partial charge in [-0.1, -0.05) is 46.4 Å². The molecule has 15 heavy (non-hydrogen) atoms. The third kappa shape index (κ3) is 1.20. The molecule has 2 rings (SSSR count). The van der Waals surface area contributed by atoms with Gasteiger partial charge in [0.05, 0.1) is 0 Å². The average molecular weight is 204 g/mol. The number of allylic oxidation sites excluding steroid dienone is 3. The topological polar surface area (TPSA) is 0 Å². The Morgan fingerprint density at radius 3 is 2.60 bits per heavy atom. The Kier molecular flexibility index (Phi) is 2.37. The monoisotopic (exact) mass is 204 g/mol. The molecule has 0 heterocycles. The van der Waals surface area contributed by atoms with Crippen molar-refractivity contribution in [2.24, 2.45) is 22.7 Å². The Hall–Kier alpha value is -0.520. The molecule has 4 atom stereocenters. The molecule has 0 aromatic carbocycles. The SMILES string of the molecule is C=CC1=CCC2(C)C(C)CCC2(C)C1C. The lowest BCUT2D eigenvalue weighted by Crippen LogP contribution is -2.43. The van der Waals surface area contributed by atoms with Crippen LogP contribution in [0.1, 0.15) is 47.0 Å². The van der Waals surface area contributed by atoms with Crippen molar-refractivity contribution in [3.8, 4) is 0 Å². The van der Waals surface area contributed by atoms with E-state index in [0.717, 1.165) is 5.92 Å². The molecule has 1 fully saturated rings. The highest BCUT2D eigenvalue weighted by Gasteiger charge is 2.56. The lowest BCUT2D eigenvalue weighted by atomic mass is 9.54. The van der Waals surface area contributed by atoms with Crippen molar-refractivity contribution in [2.45, 2.75) is 47.0 Å². The number of fused-ring (bicyclic) bond motifs is 1. The Bertz CT molecular complexity index is 312. The first-order valence-corrected chi connectivity index (χ1v) is 6.28. The molecule has 0 saturated heterocycles. The number of hydrogen-bond acceptors (Lipinski definition) is 0. The van der Waals surface area contributed by atoms with Crippen LogP contribution in [0.3, 0.4) is 0 Å². The van der Waals surface area contributed by atoms with Gasteiger partial charge in [-0.15, -0.1) is 0 Å². The fraction of sp³-hybridized carbons (Fsp3) is 0.733. The van der Waals surface area contributed by atoms with Crippen molar-refractivity contribution < 1.29 is 0 Å². The van der Waals surface area contributed by atoms with Crippen LogP contribution in [0.5, 0.6) is 0 Å². The van der Waals surface area contributed by atoms with Gasteiger partial charge in [-0.2, -0.15) is 0 Å². The zero-order valence-corrected chi connectivity index (χ0v) is 10.6. The van der Waals surface area contributed by atoms with Gasteiger partial charge in [-0.05, 0) is 47.5 Å². The number of hydrogen-bond donors (Lipinski definition) is 0. The average Bonchev–Trinajstić information content (AvgIpc) is 2.45. The van der Waals surface area contributed by atoms with E-state index < -0.39 is 0 Å². The molecule has 4 unspecified atom stereocenters. The minimum Gasteiger partial charge on any atom is -0.0988 e. The van der Waals surface area contributed by atoms with Gasteiger partial charge >= 0.3 is 0 Å². The molecule has 84 valence electrons. The Labute approximate surface area is 94.5 Å². The van der Waals surface area contributed by atoms with E-state index in [4.69, 9.17) is 0 Å². The normalized spacial score (nSPS) is 49.7. The van der Waals surface area contributed by atoms with Gasteiger partial charge in [0, 0.05) is 0 Å². The quantitative estimate of drug-likeness (QED) is 0.586. The molecule has 0 N–H and O–H groups in total. The van der Waals surface area contributed by atoms with E-state index in [9.17, 15) is 0 Å². The van der Waals surface area contributed by atoms with E-state index in [-0.39, 0.29) is 0 Å². The highest BCUT2D eigenvalue weighted by atomic mass is 14.6. The van der Waals surface area contributed by atoms with Crippen molar-refractivity contribution in [1.29, 1.82) is 0 Å². The minimum absolute atomic E-state index is 0.491. The van der Waals surface area contributed by atoms with E-state index in [0.29, 0.717) is 16.7 Å². The van der Waals surface area contributed by atoms with Crippen LogP contribution < -0.4 is 0 Å². The van der Waals surface area contributed by atoms with Gasteiger partial charge in [0.25, 0.3) is 0 Å². The molecule has 0 nitrogen and oxygen atoms in total. The van der Waals surface area contributed by atoms with Crippen LogP contribution in [-0.2, 0) is 0 Å². The van der Waals surface area contributed by atoms with Gasteiger partial charge in [0.15, 0.2) is 0 Å². The first kappa shape index (κ1) is 11.0. The summed E-state index contributed by atoms with van der Waals surface area (Å²) >= 11 is 0. The Balaban J connectivity index is 2.45. The van der Waals surface area contributed by atoms with E-state index in [1.807, 2.05) is 0 Å². The first-order chi connectivity index (χ1) is 6.95. The van der Waals surface area contributed by atoms with Crippen LogP contribution in [-0.4, -0.2) is 0 Å². The first-order valence-electron chi connectivity index (χ1n) is 6.28. The van der Waals surface area contributed by atoms with Crippen LogP contribution >= 0.6 is 0 Å². The molecule has 0 amide bonds. The van der Waals surface area contributed by atoms with Crippen molar-refractivity contribution in [2.75, 3.05) is 0 Å². The lowest BCUT2D eigenvalue weighted by Gasteiger charge is -2.51. The third-order valence-corrected chi connectivity index (χ3v) is 5.94. The van der Waals surface area contributed by atoms with E-state index in [2.05, 4.69) is 46.4 Å². The zero-order valence-electron chi connectivity index (χ0n) is 10.6. The minimum atomic E-state index is 0.491. The summed E-state index contributed by atoms with van der Waals surface area (Å²) in [7, 11) is 0. The molecular formula is C15H24. The maximum atomic E-state index is 3.95. The lowest BCUT2D eigenvalue weighted by molar-refractivity contribution is 0.0284. The molecule has 0 aliphatic heterocycles. The second kappa shape index (κ2) is 3.23. The van der Waals surface area contributed by atoms with Crippen LogP contribution in [0.25, 0.3) is 0 Å². The van der Waals surface area contributed by atoms with Crippen molar-refractivity contribution in [3.63, 3.8) is 0 Å². The van der Waals surface area contributed by atoms with Gasteiger partial charge in [-0.3, -0.25) is 0 Å². The molecular weight excluding hydrogens is 180 g/mol. The second-order valence-corrected chi connectivity index (χ2v) is 6.11. The maximum absolute atomic E-state index is 3.95. The highest BCUT2D eigenvalue weighted by Crippen LogP contribution is 2.64. The van der Waals surface area contributed by atoms with Crippen molar-refractivity contribution in [1.82, 2.24) is 0 Å². The Morgan fingerprint density at radius 1 is 1.33 bits per heavy atom. The van der Waals surface area contributed by atoms with E-state index in [1.54, 1.807) is 0 Å². The smallest absolute Gasteiger partial charge is 0.0134 e. The predicted octanol–water partition coefficient (Wildman–Crippen LogP) is 4.58. The molecule has 2 aliphatic rings. The Morgan fingerprint density at radius 2 is 2.00 bits per heavy atom. The summed E-state index contributed by atoms with van der Waals surface area (Å²) < 4.78 is 0. The summed E-state index contributed by atoms with van der Waals surface area (Å²) in [5.41, 5.74) is 2.48. The highest BCUT2D eigenvalue weighted by molar-refractivity contribution is 5.28. The van der Waals surface area contributed by atoms with Crippen molar-refractivity contribution >= 4 is 0 Å². The molecule has 0 spiro atoms. The molecule has 1 saturated carbocycles. The molecule has 2 aliphatic carbocycles. The van der Waals surface area contributed by atoms with Crippen LogP contribution in [0.4, 0.5) is 0 Å². The zero-order chi connectivity index (χ0) is 11.3. The van der Waals surface area contributed by atoms with Gasteiger partial charge in [0.2, 0.25) is 0 Å². The largest absolute Gasteiger partial charge is 0.0988 e. The molecule has 0 bridgehead atoms.